The molecule has 0 bridgehead atoms. The van der Waals surface area contributed by atoms with Crippen molar-refractivity contribution < 1.29 is 9.52 Å². The Hall–Kier alpha value is -0.280. The van der Waals surface area contributed by atoms with Crippen molar-refractivity contribution in [2.24, 2.45) is 11.8 Å². The van der Waals surface area contributed by atoms with Crippen molar-refractivity contribution in [3.63, 3.8) is 0 Å². The largest absolute Gasteiger partial charge is 0.454 e. The summed E-state index contributed by atoms with van der Waals surface area (Å²) in [6, 6.07) is 3.76. The van der Waals surface area contributed by atoms with Gasteiger partial charge in [-0.15, -0.1) is 0 Å². The Morgan fingerprint density at radius 2 is 2.38 bits per heavy atom. The molecule has 1 aliphatic rings. The lowest BCUT2D eigenvalue weighted by Crippen LogP contribution is -2.13. The highest BCUT2D eigenvalue weighted by Crippen LogP contribution is 2.41. The molecule has 13 heavy (non-hydrogen) atoms. The Bertz CT molecular complexity index is 295. The van der Waals surface area contributed by atoms with Crippen LogP contribution in [0.4, 0.5) is 0 Å². The maximum atomic E-state index is 9.75. The van der Waals surface area contributed by atoms with Crippen LogP contribution in [0, 0.1) is 11.8 Å². The zero-order valence-electron chi connectivity index (χ0n) is 7.53. The summed E-state index contributed by atoms with van der Waals surface area (Å²) in [4.78, 5) is 0. The number of aliphatic hydroxyl groups excluding tert-OH is 1. The number of hydrogen-bond acceptors (Lipinski definition) is 2. The molecule has 2 nitrogen and oxygen atoms in total. The van der Waals surface area contributed by atoms with Crippen molar-refractivity contribution in [1.29, 1.82) is 0 Å². The van der Waals surface area contributed by atoms with E-state index in [1.807, 2.05) is 12.1 Å². The van der Waals surface area contributed by atoms with E-state index in [1.165, 1.54) is 0 Å². The summed E-state index contributed by atoms with van der Waals surface area (Å²) in [6.45, 7) is 2.17. The van der Waals surface area contributed by atoms with Crippen LogP contribution in [0.3, 0.4) is 0 Å². The second kappa shape index (κ2) is 3.46. The number of furan rings is 1. The van der Waals surface area contributed by atoms with Gasteiger partial charge in [-0.2, -0.15) is 0 Å². The van der Waals surface area contributed by atoms with E-state index >= 15 is 0 Å². The lowest BCUT2D eigenvalue weighted by atomic mass is 10.1. The fourth-order valence-electron chi connectivity index (χ4n) is 1.71. The first-order chi connectivity index (χ1) is 6.16. The Kier molecular flexibility index (Phi) is 2.47. The third-order valence-electron chi connectivity index (χ3n) is 2.71. The second-order valence-corrected chi connectivity index (χ2v) is 4.64. The molecule has 1 saturated carbocycles. The monoisotopic (exact) mass is 244 g/mol. The summed E-state index contributed by atoms with van der Waals surface area (Å²) in [5.41, 5.74) is 0. The minimum absolute atomic E-state index is 0.229. The van der Waals surface area contributed by atoms with E-state index in [-0.39, 0.29) is 6.10 Å². The highest BCUT2D eigenvalue weighted by Gasteiger charge is 2.38. The molecule has 0 amide bonds. The van der Waals surface area contributed by atoms with E-state index in [2.05, 4.69) is 22.9 Å². The van der Waals surface area contributed by atoms with Gasteiger partial charge in [-0.25, -0.2) is 0 Å². The molecule has 0 saturated heterocycles. The number of aliphatic hydroxyl groups is 1. The summed E-state index contributed by atoms with van der Waals surface area (Å²) >= 11 is 3.24. The lowest BCUT2D eigenvalue weighted by molar-refractivity contribution is 0.139. The molecule has 3 atom stereocenters. The number of halogens is 1. The van der Waals surface area contributed by atoms with E-state index in [0.717, 1.165) is 16.9 Å². The minimum Gasteiger partial charge on any atom is -0.454 e. The molecule has 1 aromatic rings. The molecule has 0 aromatic carbocycles. The molecule has 1 N–H and O–H groups in total. The van der Waals surface area contributed by atoms with E-state index in [4.69, 9.17) is 4.42 Å². The molecule has 3 unspecified atom stereocenters. The van der Waals surface area contributed by atoms with Gasteiger partial charge in [0.25, 0.3) is 0 Å². The van der Waals surface area contributed by atoms with Gasteiger partial charge in [0, 0.05) is 6.42 Å². The van der Waals surface area contributed by atoms with Gasteiger partial charge in [-0.1, -0.05) is 6.92 Å². The molecular formula is C10H13BrO2. The van der Waals surface area contributed by atoms with Crippen LogP contribution in [-0.4, -0.2) is 11.2 Å². The minimum atomic E-state index is -0.229. The molecular weight excluding hydrogens is 232 g/mol. The molecule has 0 radical (unpaired) electrons. The maximum absolute atomic E-state index is 9.75. The quantitative estimate of drug-likeness (QED) is 0.887. The van der Waals surface area contributed by atoms with Crippen molar-refractivity contribution >= 4 is 15.9 Å². The lowest BCUT2D eigenvalue weighted by Gasteiger charge is -2.06. The second-order valence-electron chi connectivity index (χ2n) is 3.85. The summed E-state index contributed by atoms with van der Waals surface area (Å²) in [5, 5.41) is 9.75. The topological polar surface area (TPSA) is 33.4 Å². The average molecular weight is 245 g/mol. The van der Waals surface area contributed by atoms with Crippen molar-refractivity contribution in [1.82, 2.24) is 0 Å². The Morgan fingerprint density at radius 3 is 2.85 bits per heavy atom. The van der Waals surface area contributed by atoms with Crippen molar-refractivity contribution in [3.8, 4) is 0 Å². The van der Waals surface area contributed by atoms with Gasteiger partial charge in [0.1, 0.15) is 5.76 Å². The number of rotatable bonds is 3. The average Bonchev–Trinajstić information content (AvgIpc) is 2.66. The van der Waals surface area contributed by atoms with Crippen LogP contribution in [0.1, 0.15) is 19.1 Å². The van der Waals surface area contributed by atoms with Gasteiger partial charge in [0.05, 0.1) is 6.10 Å². The zero-order chi connectivity index (χ0) is 9.42. The maximum Gasteiger partial charge on any atom is 0.169 e. The molecule has 0 spiro atoms. The number of hydrogen-bond donors (Lipinski definition) is 1. The fourth-order valence-corrected chi connectivity index (χ4v) is 2.05. The zero-order valence-corrected chi connectivity index (χ0v) is 9.12. The van der Waals surface area contributed by atoms with Crippen LogP contribution in [0.15, 0.2) is 21.2 Å². The summed E-state index contributed by atoms with van der Waals surface area (Å²) < 4.78 is 6.06. The van der Waals surface area contributed by atoms with E-state index in [9.17, 15) is 5.11 Å². The smallest absolute Gasteiger partial charge is 0.169 e. The predicted molar refractivity (Wildman–Crippen MR) is 53.4 cm³/mol. The Labute approximate surface area is 86.1 Å². The SMILES string of the molecule is CC1CC1C(O)Cc1ccc(Br)o1. The van der Waals surface area contributed by atoms with Crippen molar-refractivity contribution in [2.45, 2.75) is 25.9 Å². The van der Waals surface area contributed by atoms with Gasteiger partial charge >= 0.3 is 0 Å². The highest BCUT2D eigenvalue weighted by molar-refractivity contribution is 9.10. The molecule has 0 aliphatic heterocycles. The van der Waals surface area contributed by atoms with Gasteiger partial charge in [0.2, 0.25) is 0 Å². The normalized spacial score (nSPS) is 28.8. The van der Waals surface area contributed by atoms with Crippen molar-refractivity contribution in [3.05, 3.63) is 22.6 Å². The summed E-state index contributed by atoms with van der Waals surface area (Å²) in [5.74, 6) is 2.04. The van der Waals surface area contributed by atoms with Gasteiger partial charge in [-0.05, 0) is 46.3 Å². The highest BCUT2D eigenvalue weighted by atomic mass is 79.9. The first-order valence-corrected chi connectivity index (χ1v) is 5.38. The molecule has 2 rings (SSSR count). The molecule has 1 fully saturated rings. The molecule has 1 aromatic heterocycles. The third-order valence-corrected chi connectivity index (χ3v) is 3.13. The first kappa shape index (κ1) is 9.28. The van der Waals surface area contributed by atoms with Crippen LogP contribution in [0.25, 0.3) is 0 Å². The van der Waals surface area contributed by atoms with Crippen LogP contribution in [0.5, 0.6) is 0 Å². The van der Waals surface area contributed by atoms with Gasteiger partial charge in [-0.3, -0.25) is 0 Å². The molecule has 1 aliphatic carbocycles. The fraction of sp³-hybridized carbons (Fsp3) is 0.600. The third kappa shape index (κ3) is 2.15. The van der Waals surface area contributed by atoms with Gasteiger partial charge < -0.3 is 9.52 Å². The first-order valence-electron chi connectivity index (χ1n) is 4.59. The molecule has 3 heteroatoms. The van der Waals surface area contributed by atoms with E-state index in [0.29, 0.717) is 18.3 Å². The molecule has 72 valence electrons. The van der Waals surface area contributed by atoms with Crippen LogP contribution < -0.4 is 0 Å². The standard InChI is InChI=1S/C10H13BrO2/c1-6-4-8(6)9(12)5-7-2-3-10(11)13-7/h2-3,6,8-9,12H,4-5H2,1H3. The van der Waals surface area contributed by atoms with Crippen molar-refractivity contribution in [2.75, 3.05) is 0 Å². The van der Waals surface area contributed by atoms with E-state index in [1.54, 1.807) is 0 Å². The Balaban J connectivity index is 1.91. The van der Waals surface area contributed by atoms with Gasteiger partial charge in [0.15, 0.2) is 4.67 Å². The Morgan fingerprint density at radius 1 is 1.69 bits per heavy atom. The van der Waals surface area contributed by atoms with Crippen LogP contribution in [-0.2, 0) is 6.42 Å². The van der Waals surface area contributed by atoms with Crippen LogP contribution >= 0.6 is 15.9 Å². The van der Waals surface area contributed by atoms with E-state index < -0.39 is 0 Å². The molecule has 1 heterocycles. The predicted octanol–water partition coefficient (Wildman–Crippen LogP) is 2.60. The van der Waals surface area contributed by atoms with Crippen LogP contribution in [0.2, 0.25) is 0 Å². The summed E-state index contributed by atoms with van der Waals surface area (Å²) in [7, 11) is 0. The summed E-state index contributed by atoms with van der Waals surface area (Å²) in [6.07, 6.45) is 1.57.